The van der Waals surface area contributed by atoms with Crippen molar-refractivity contribution in [1.82, 2.24) is 0 Å². The number of carbonyl (C=O) groups excluding carboxylic acids is 2. The van der Waals surface area contributed by atoms with Crippen molar-refractivity contribution >= 4 is 59.8 Å². The van der Waals surface area contributed by atoms with Gasteiger partial charge in [-0.1, -0.05) is 12.1 Å². The van der Waals surface area contributed by atoms with E-state index in [9.17, 15) is 9.59 Å². The van der Waals surface area contributed by atoms with Gasteiger partial charge in [0, 0.05) is 11.1 Å². The van der Waals surface area contributed by atoms with E-state index in [0.29, 0.717) is 16.3 Å². The first-order chi connectivity index (χ1) is 11.6. The molecule has 0 amide bonds. The van der Waals surface area contributed by atoms with E-state index in [0.717, 1.165) is 19.5 Å². The average molecular weight is 365 g/mol. The van der Waals surface area contributed by atoms with E-state index in [1.807, 2.05) is 18.2 Å². The number of anilines is 1. The molecule has 6 nitrogen and oxygen atoms in total. The van der Waals surface area contributed by atoms with Crippen LogP contribution in [-0.2, 0) is 14.3 Å². The van der Waals surface area contributed by atoms with Crippen molar-refractivity contribution in [3.05, 3.63) is 23.1 Å². The number of benzene rings is 1. The Hall–Kier alpha value is -2.32. The molecule has 126 valence electrons. The highest BCUT2D eigenvalue weighted by Crippen LogP contribution is 2.48. The summed E-state index contributed by atoms with van der Waals surface area (Å²) in [5.74, 6) is -0.650. The lowest BCUT2D eigenvalue weighted by molar-refractivity contribution is -0.145. The molecule has 0 aliphatic rings. The predicted molar refractivity (Wildman–Crippen MR) is 95.1 cm³/mol. The summed E-state index contributed by atoms with van der Waals surface area (Å²) in [5, 5.41) is 0.955. The molecule has 3 aromatic rings. The molecule has 0 spiro atoms. The zero-order chi connectivity index (χ0) is 17.3. The summed E-state index contributed by atoms with van der Waals surface area (Å²) in [6, 6.07) is 5.63. The molecule has 0 atom stereocenters. The van der Waals surface area contributed by atoms with Gasteiger partial charge < -0.3 is 19.9 Å². The molecule has 2 heterocycles. The maximum Gasteiger partial charge on any atom is 0.351 e. The Morgan fingerprint density at radius 2 is 1.96 bits per heavy atom. The van der Waals surface area contributed by atoms with Crippen molar-refractivity contribution < 1.29 is 23.8 Å². The van der Waals surface area contributed by atoms with Crippen LogP contribution in [0.4, 0.5) is 5.69 Å². The van der Waals surface area contributed by atoms with E-state index in [-0.39, 0.29) is 13.2 Å². The summed E-state index contributed by atoms with van der Waals surface area (Å²) < 4.78 is 17.9. The minimum Gasteiger partial charge on any atom is -0.479 e. The Morgan fingerprint density at radius 3 is 2.67 bits per heavy atom. The van der Waals surface area contributed by atoms with Gasteiger partial charge in [-0.2, -0.15) is 0 Å². The number of hydrogen-bond donors (Lipinski definition) is 1. The molecule has 0 unspecified atom stereocenters. The zero-order valence-corrected chi connectivity index (χ0v) is 14.7. The van der Waals surface area contributed by atoms with Crippen LogP contribution in [0.15, 0.2) is 18.2 Å². The lowest BCUT2D eigenvalue weighted by atomic mass is 10.2. The summed E-state index contributed by atoms with van der Waals surface area (Å²) in [6.45, 7) is 1.72. The quantitative estimate of drug-likeness (QED) is 0.550. The van der Waals surface area contributed by atoms with Gasteiger partial charge in [0.1, 0.15) is 0 Å². The van der Waals surface area contributed by atoms with E-state index in [1.165, 1.54) is 29.8 Å². The SMILES string of the molecule is CCOC(=O)COc1c(C(=O)OC)sc2c1sc1c(N)cccc12. The summed E-state index contributed by atoms with van der Waals surface area (Å²) in [5.41, 5.74) is 6.69. The molecule has 2 aromatic heterocycles. The molecule has 0 aliphatic heterocycles. The largest absolute Gasteiger partial charge is 0.479 e. The lowest BCUT2D eigenvalue weighted by Gasteiger charge is -2.06. The van der Waals surface area contributed by atoms with E-state index in [2.05, 4.69) is 0 Å². The molecule has 1 aromatic carbocycles. The van der Waals surface area contributed by atoms with Gasteiger partial charge in [0.05, 0.1) is 27.8 Å². The first-order valence-electron chi connectivity index (χ1n) is 7.17. The van der Waals surface area contributed by atoms with Crippen molar-refractivity contribution in [2.24, 2.45) is 0 Å². The van der Waals surface area contributed by atoms with Gasteiger partial charge in [-0.25, -0.2) is 9.59 Å². The highest BCUT2D eigenvalue weighted by Gasteiger charge is 2.25. The average Bonchev–Trinajstić information content (AvgIpc) is 3.10. The van der Waals surface area contributed by atoms with Crippen LogP contribution in [0, 0.1) is 0 Å². The molecule has 2 N–H and O–H groups in total. The summed E-state index contributed by atoms with van der Waals surface area (Å²) >= 11 is 2.70. The minimum absolute atomic E-state index is 0.268. The van der Waals surface area contributed by atoms with Crippen LogP contribution in [0.1, 0.15) is 16.6 Å². The van der Waals surface area contributed by atoms with Crippen molar-refractivity contribution in [2.75, 3.05) is 26.1 Å². The fourth-order valence-corrected chi connectivity index (χ4v) is 4.91. The Bertz CT molecular complexity index is 927. The number of nitrogens with two attached hydrogens (primary N) is 1. The molecule has 0 saturated heterocycles. The molecule has 0 saturated carbocycles. The van der Waals surface area contributed by atoms with Crippen molar-refractivity contribution in [2.45, 2.75) is 6.92 Å². The van der Waals surface area contributed by atoms with E-state index < -0.39 is 11.9 Å². The predicted octanol–water partition coefficient (Wildman–Crippen LogP) is 3.43. The molecule has 0 fully saturated rings. The third-order valence-electron chi connectivity index (χ3n) is 3.33. The van der Waals surface area contributed by atoms with E-state index in [4.69, 9.17) is 19.9 Å². The van der Waals surface area contributed by atoms with Crippen LogP contribution in [0.25, 0.3) is 19.5 Å². The Labute approximate surface area is 145 Å². The second kappa shape index (κ2) is 6.66. The van der Waals surface area contributed by atoms with Gasteiger partial charge in [0.2, 0.25) is 0 Å². The second-order valence-electron chi connectivity index (χ2n) is 4.83. The maximum atomic E-state index is 12.0. The second-order valence-corrected chi connectivity index (χ2v) is 6.87. The topological polar surface area (TPSA) is 87.8 Å². The van der Waals surface area contributed by atoms with Crippen molar-refractivity contribution in [1.29, 1.82) is 0 Å². The van der Waals surface area contributed by atoms with Crippen LogP contribution in [0.3, 0.4) is 0 Å². The third kappa shape index (κ3) is 2.78. The Morgan fingerprint density at radius 1 is 1.17 bits per heavy atom. The molecule has 3 rings (SSSR count). The fraction of sp³-hybridized carbons (Fsp3) is 0.250. The van der Waals surface area contributed by atoms with Gasteiger partial charge in [-0.3, -0.25) is 0 Å². The number of esters is 2. The minimum atomic E-state index is -0.501. The Balaban J connectivity index is 2.11. The van der Waals surface area contributed by atoms with Crippen molar-refractivity contribution in [3.8, 4) is 5.75 Å². The standard InChI is InChI=1S/C16H15NO5S2/c1-3-21-10(18)7-22-11-14-13(24-15(11)16(19)20-2)8-5-4-6-9(17)12(8)23-14/h4-6H,3,7,17H2,1-2H3. The number of hydrogen-bond acceptors (Lipinski definition) is 8. The summed E-state index contributed by atoms with van der Waals surface area (Å²) in [6.07, 6.45) is 0. The number of fused-ring (bicyclic) bond motifs is 3. The first kappa shape index (κ1) is 16.5. The van der Waals surface area contributed by atoms with Crippen LogP contribution >= 0.6 is 22.7 Å². The molecular weight excluding hydrogens is 350 g/mol. The molecule has 0 radical (unpaired) electrons. The van der Waals surface area contributed by atoms with Gasteiger partial charge in [-0.05, 0) is 13.0 Å². The number of carbonyl (C=O) groups is 2. The van der Waals surface area contributed by atoms with E-state index >= 15 is 0 Å². The van der Waals surface area contributed by atoms with Gasteiger partial charge in [0.15, 0.2) is 17.2 Å². The number of thiophene rings is 2. The molecule has 0 aliphatic carbocycles. The summed E-state index contributed by atoms with van der Waals surface area (Å²) in [4.78, 5) is 23.9. The number of rotatable bonds is 5. The van der Waals surface area contributed by atoms with E-state index in [1.54, 1.807) is 6.92 Å². The molecule has 8 heteroatoms. The monoisotopic (exact) mass is 365 g/mol. The number of ether oxygens (including phenoxy) is 3. The summed E-state index contributed by atoms with van der Waals surface area (Å²) in [7, 11) is 1.31. The van der Waals surface area contributed by atoms with Gasteiger partial charge in [-0.15, -0.1) is 22.7 Å². The number of methoxy groups -OCH3 is 1. The normalized spacial score (nSPS) is 10.9. The van der Waals surface area contributed by atoms with Crippen LogP contribution in [-0.4, -0.2) is 32.3 Å². The van der Waals surface area contributed by atoms with Gasteiger partial charge in [0.25, 0.3) is 0 Å². The molecule has 0 bridgehead atoms. The maximum absolute atomic E-state index is 12.0. The lowest BCUT2D eigenvalue weighted by Crippen LogP contribution is -2.15. The van der Waals surface area contributed by atoms with Gasteiger partial charge >= 0.3 is 11.9 Å². The fourth-order valence-electron chi connectivity index (χ4n) is 2.31. The van der Waals surface area contributed by atoms with Crippen LogP contribution in [0.5, 0.6) is 5.75 Å². The third-order valence-corrected chi connectivity index (χ3v) is 5.89. The Kier molecular flexibility index (Phi) is 4.59. The molecule has 24 heavy (non-hydrogen) atoms. The number of nitrogen functional groups attached to an aromatic ring is 1. The van der Waals surface area contributed by atoms with Crippen LogP contribution in [0.2, 0.25) is 0 Å². The highest BCUT2D eigenvalue weighted by atomic mass is 32.1. The first-order valence-corrected chi connectivity index (χ1v) is 8.80. The highest BCUT2D eigenvalue weighted by molar-refractivity contribution is 7.34. The van der Waals surface area contributed by atoms with Crippen molar-refractivity contribution in [3.63, 3.8) is 0 Å². The zero-order valence-electron chi connectivity index (χ0n) is 13.1. The van der Waals surface area contributed by atoms with Crippen LogP contribution < -0.4 is 10.5 Å². The molecular formula is C16H15NO5S2. The smallest absolute Gasteiger partial charge is 0.351 e.